The van der Waals surface area contributed by atoms with Gasteiger partial charge in [0.25, 0.3) is 0 Å². The molecular formula is C21H23FN6. The molecule has 0 aliphatic heterocycles. The minimum Gasteiger partial charge on any atom is -0.368 e. The van der Waals surface area contributed by atoms with Gasteiger partial charge in [-0.15, -0.1) is 0 Å². The molecule has 0 unspecified atom stereocenters. The molecule has 0 aliphatic rings. The summed E-state index contributed by atoms with van der Waals surface area (Å²) in [5.74, 6) is -0.113. The quantitative estimate of drug-likeness (QED) is 0.564. The van der Waals surface area contributed by atoms with Gasteiger partial charge in [-0.1, -0.05) is 13.8 Å². The summed E-state index contributed by atoms with van der Waals surface area (Å²) in [6.45, 7) is 4.57. The molecule has 28 heavy (non-hydrogen) atoms. The van der Waals surface area contributed by atoms with Crippen molar-refractivity contribution in [3.63, 3.8) is 0 Å². The molecule has 0 atom stereocenters. The molecule has 3 aromatic heterocycles. The Morgan fingerprint density at radius 3 is 2.46 bits per heavy atom. The molecule has 4 N–H and O–H groups in total. The molecule has 0 aliphatic carbocycles. The van der Waals surface area contributed by atoms with Crippen molar-refractivity contribution < 1.29 is 4.39 Å². The van der Waals surface area contributed by atoms with E-state index in [1.807, 2.05) is 36.6 Å². The van der Waals surface area contributed by atoms with E-state index in [4.69, 9.17) is 16.5 Å². The van der Waals surface area contributed by atoms with Crippen molar-refractivity contribution in [3.05, 3.63) is 66.2 Å². The predicted octanol–water partition coefficient (Wildman–Crippen LogP) is 3.71. The number of hydrogen-bond donors (Lipinski definition) is 2. The van der Waals surface area contributed by atoms with E-state index in [0.29, 0.717) is 17.9 Å². The van der Waals surface area contributed by atoms with Crippen LogP contribution in [0, 0.1) is 5.82 Å². The number of nitrogen functional groups attached to an aromatic ring is 1. The Kier molecular flexibility index (Phi) is 5.96. The lowest BCUT2D eigenvalue weighted by molar-refractivity contribution is 0.628. The summed E-state index contributed by atoms with van der Waals surface area (Å²) in [6.07, 6.45) is 4.31. The van der Waals surface area contributed by atoms with Gasteiger partial charge < -0.3 is 11.5 Å². The summed E-state index contributed by atoms with van der Waals surface area (Å²) in [5, 5.41) is 0. The van der Waals surface area contributed by atoms with E-state index in [1.165, 1.54) is 12.1 Å². The molecule has 0 saturated carbocycles. The number of aromatic nitrogens is 4. The van der Waals surface area contributed by atoms with Gasteiger partial charge >= 0.3 is 0 Å². The Bertz CT molecular complexity index is 1070. The Morgan fingerprint density at radius 2 is 1.79 bits per heavy atom. The number of nitrogens with zero attached hydrogens (tertiary/aromatic N) is 4. The number of hydrogen-bond acceptors (Lipinski definition) is 5. The first-order valence-electron chi connectivity index (χ1n) is 9.21. The van der Waals surface area contributed by atoms with Gasteiger partial charge in [-0.25, -0.2) is 19.3 Å². The van der Waals surface area contributed by atoms with E-state index in [2.05, 4.69) is 9.97 Å². The van der Waals surface area contributed by atoms with Crippen LogP contribution in [-0.4, -0.2) is 25.9 Å². The summed E-state index contributed by atoms with van der Waals surface area (Å²) in [5.41, 5.74) is 16.2. The normalized spacial score (nSPS) is 10.6. The fraction of sp³-hybridized carbons (Fsp3) is 0.190. The fourth-order valence-electron chi connectivity index (χ4n) is 2.97. The molecule has 0 saturated heterocycles. The van der Waals surface area contributed by atoms with Gasteiger partial charge in [-0.05, 0) is 61.0 Å². The molecule has 7 heteroatoms. The van der Waals surface area contributed by atoms with Gasteiger partial charge in [0.1, 0.15) is 11.5 Å². The highest BCUT2D eigenvalue weighted by atomic mass is 19.1. The molecule has 0 fully saturated rings. The van der Waals surface area contributed by atoms with Crippen LogP contribution < -0.4 is 11.5 Å². The smallest absolute Gasteiger partial charge is 0.220 e. The number of halogens is 1. The molecule has 3 heterocycles. The first-order valence-corrected chi connectivity index (χ1v) is 9.21. The number of anilines is 1. The average molecular weight is 378 g/mol. The summed E-state index contributed by atoms with van der Waals surface area (Å²) < 4.78 is 15.3. The van der Waals surface area contributed by atoms with Gasteiger partial charge in [-0.3, -0.25) is 4.40 Å². The zero-order valence-corrected chi connectivity index (χ0v) is 15.9. The van der Waals surface area contributed by atoms with E-state index in [-0.39, 0.29) is 11.8 Å². The Labute approximate surface area is 163 Å². The molecule has 4 rings (SSSR count). The topological polar surface area (TPSA) is 95.1 Å². The molecule has 0 radical (unpaired) electrons. The summed E-state index contributed by atoms with van der Waals surface area (Å²) in [6, 6.07) is 12.0. The first kappa shape index (κ1) is 19.4. The number of rotatable bonds is 4. The van der Waals surface area contributed by atoms with Crippen molar-refractivity contribution in [1.29, 1.82) is 0 Å². The van der Waals surface area contributed by atoms with E-state index < -0.39 is 0 Å². The van der Waals surface area contributed by atoms with Crippen LogP contribution in [0.1, 0.15) is 19.4 Å². The van der Waals surface area contributed by atoms with E-state index in [1.54, 1.807) is 24.4 Å². The third-order valence-corrected chi connectivity index (χ3v) is 4.16. The number of fused-ring (bicyclic) bond motifs is 1. The van der Waals surface area contributed by atoms with Gasteiger partial charge in [0.2, 0.25) is 5.95 Å². The predicted molar refractivity (Wildman–Crippen MR) is 110 cm³/mol. The molecular weight excluding hydrogens is 355 g/mol. The van der Waals surface area contributed by atoms with Crippen LogP contribution in [0.5, 0.6) is 0 Å². The van der Waals surface area contributed by atoms with Gasteiger partial charge in [0.05, 0.1) is 17.1 Å². The lowest BCUT2D eigenvalue weighted by Crippen LogP contribution is -2.03. The highest BCUT2D eigenvalue weighted by molar-refractivity contribution is 5.80. The average Bonchev–Trinajstić information content (AvgIpc) is 3.09. The van der Waals surface area contributed by atoms with Crippen LogP contribution in [0.4, 0.5) is 10.3 Å². The van der Waals surface area contributed by atoms with Crippen LogP contribution >= 0.6 is 0 Å². The lowest BCUT2D eigenvalue weighted by atomic mass is 10.1. The minimum atomic E-state index is -0.296. The Balaban J connectivity index is 0.00000109. The zero-order valence-electron chi connectivity index (χ0n) is 15.9. The molecule has 6 nitrogen and oxygen atoms in total. The second kappa shape index (κ2) is 8.58. The first-order chi connectivity index (χ1) is 13.7. The van der Waals surface area contributed by atoms with Crippen molar-refractivity contribution in [1.82, 2.24) is 19.4 Å². The Morgan fingerprint density at radius 1 is 1.04 bits per heavy atom. The van der Waals surface area contributed by atoms with Crippen molar-refractivity contribution in [2.24, 2.45) is 5.73 Å². The Hall–Kier alpha value is -3.32. The maximum absolute atomic E-state index is 13.3. The lowest BCUT2D eigenvalue weighted by Gasteiger charge is -2.06. The SMILES string of the molecule is CC.NCCc1ccn2c(-c3ccnc(N)n3)c(-c3ccc(F)cc3)nc2c1. The van der Waals surface area contributed by atoms with Crippen molar-refractivity contribution in [3.8, 4) is 22.6 Å². The third-order valence-electron chi connectivity index (χ3n) is 4.16. The zero-order chi connectivity index (χ0) is 20.1. The maximum atomic E-state index is 13.3. The number of imidazole rings is 1. The maximum Gasteiger partial charge on any atom is 0.220 e. The van der Waals surface area contributed by atoms with Crippen molar-refractivity contribution in [2.45, 2.75) is 20.3 Å². The van der Waals surface area contributed by atoms with Crippen LogP contribution in [0.25, 0.3) is 28.3 Å². The van der Waals surface area contributed by atoms with Gasteiger partial charge in [0, 0.05) is 18.0 Å². The molecule has 144 valence electrons. The van der Waals surface area contributed by atoms with Crippen LogP contribution in [0.3, 0.4) is 0 Å². The highest BCUT2D eigenvalue weighted by Crippen LogP contribution is 2.32. The van der Waals surface area contributed by atoms with E-state index >= 15 is 0 Å². The number of benzene rings is 1. The minimum absolute atomic E-state index is 0.183. The summed E-state index contributed by atoms with van der Waals surface area (Å²) >= 11 is 0. The molecule has 4 aromatic rings. The number of nitrogens with two attached hydrogens (primary N) is 2. The summed E-state index contributed by atoms with van der Waals surface area (Å²) in [4.78, 5) is 13.1. The van der Waals surface area contributed by atoms with Crippen LogP contribution in [-0.2, 0) is 6.42 Å². The van der Waals surface area contributed by atoms with E-state index in [9.17, 15) is 4.39 Å². The third kappa shape index (κ3) is 3.84. The monoisotopic (exact) mass is 378 g/mol. The molecule has 0 spiro atoms. The highest BCUT2D eigenvalue weighted by Gasteiger charge is 2.17. The second-order valence-electron chi connectivity index (χ2n) is 5.92. The standard InChI is InChI=1S/C19H17FN6.C2H6/c20-14-3-1-13(2-4-14)17-18(15-6-9-23-19(22)24-15)26-10-7-12(5-8-21)11-16(26)25-17;1-2/h1-4,6-7,9-11H,5,8,21H2,(H2,22,23,24);1-2H3. The van der Waals surface area contributed by atoms with Crippen LogP contribution in [0.15, 0.2) is 54.9 Å². The second-order valence-corrected chi connectivity index (χ2v) is 5.92. The van der Waals surface area contributed by atoms with Crippen molar-refractivity contribution >= 4 is 11.6 Å². The molecule has 0 amide bonds. The summed E-state index contributed by atoms with van der Waals surface area (Å²) in [7, 11) is 0. The van der Waals surface area contributed by atoms with Gasteiger partial charge in [-0.2, -0.15) is 0 Å². The van der Waals surface area contributed by atoms with Crippen LogP contribution in [0.2, 0.25) is 0 Å². The van der Waals surface area contributed by atoms with Gasteiger partial charge in [0.15, 0.2) is 0 Å². The molecule has 0 bridgehead atoms. The largest absolute Gasteiger partial charge is 0.368 e. The fourth-order valence-corrected chi connectivity index (χ4v) is 2.97. The van der Waals surface area contributed by atoms with Crippen molar-refractivity contribution in [2.75, 3.05) is 12.3 Å². The molecule has 1 aromatic carbocycles. The number of pyridine rings is 1. The van der Waals surface area contributed by atoms with E-state index in [0.717, 1.165) is 28.9 Å².